The maximum atomic E-state index is 9.81. The summed E-state index contributed by atoms with van der Waals surface area (Å²) in [6.07, 6.45) is 1.76. The molecule has 1 heterocycles. The molecule has 0 saturated carbocycles. The third kappa shape index (κ3) is 7.97. The lowest BCUT2D eigenvalue weighted by molar-refractivity contribution is 0.00334. The van der Waals surface area contributed by atoms with Gasteiger partial charge in [-0.15, -0.1) is 11.3 Å². The number of aliphatic hydroxyl groups excluding tert-OH is 1. The maximum Gasteiger partial charge on any atom is 0.0897 e. The van der Waals surface area contributed by atoms with Gasteiger partial charge < -0.3 is 19.9 Å². The van der Waals surface area contributed by atoms with Gasteiger partial charge in [-0.2, -0.15) is 0 Å². The van der Waals surface area contributed by atoms with Gasteiger partial charge in [-0.1, -0.05) is 19.4 Å². The number of nitrogens with one attached hydrogen (secondary N) is 1. The lowest BCUT2D eigenvalue weighted by Crippen LogP contribution is -2.32. The number of hydrogen-bond donors (Lipinski definition) is 2. The maximum absolute atomic E-state index is 9.81. The van der Waals surface area contributed by atoms with E-state index in [1.54, 1.807) is 11.3 Å². The van der Waals surface area contributed by atoms with Crippen LogP contribution in [0.4, 0.5) is 0 Å². The second-order valence-corrected chi connectivity index (χ2v) is 5.82. The van der Waals surface area contributed by atoms with Crippen LogP contribution in [0.2, 0.25) is 0 Å². The minimum absolute atomic E-state index is 0.266. The Bertz CT molecular complexity index is 319. The number of aliphatic hydroxyl groups is 1. The average Bonchev–Trinajstić information content (AvgIpc) is 2.98. The monoisotopic (exact) mass is 301 g/mol. The van der Waals surface area contributed by atoms with Crippen molar-refractivity contribution in [3.63, 3.8) is 0 Å². The molecule has 2 unspecified atom stereocenters. The fourth-order valence-electron chi connectivity index (χ4n) is 1.70. The van der Waals surface area contributed by atoms with Crippen LogP contribution in [-0.2, 0) is 9.47 Å². The molecule has 0 bridgehead atoms. The van der Waals surface area contributed by atoms with Gasteiger partial charge in [0.15, 0.2) is 0 Å². The first kappa shape index (κ1) is 17.6. The Morgan fingerprint density at radius 2 is 2.10 bits per heavy atom. The van der Waals surface area contributed by atoms with Crippen molar-refractivity contribution >= 4 is 11.3 Å². The van der Waals surface area contributed by atoms with Crippen molar-refractivity contribution in [2.75, 3.05) is 33.0 Å². The first-order chi connectivity index (χ1) is 9.74. The molecule has 0 spiro atoms. The second-order valence-electron chi connectivity index (χ2n) is 4.84. The number of unbranched alkanes of at least 4 members (excludes halogenated alkanes) is 1. The molecule has 116 valence electrons. The number of ether oxygens (including phenoxy) is 2. The van der Waals surface area contributed by atoms with Crippen LogP contribution in [0, 0.1) is 0 Å². The molecular weight excluding hydrogens is 274 g/mol. The summed E-state index contributed by atoms with van der Waals surface area (Å²) >= 11 is 1.72. The summed E-state index contributed by atoms with van der Waals surface area (Å²) in [5.41, 5.74) is 0. The highest BCUT2D eigenvalue weighted by Crippen LogP contribution is 2.17. The second kappa shape index (κ2) is 11.2. The molecule has 4 nitrogen and oxygen atoms in total. The van der Waals surface area contributed by atoms with E-state index in [-0.39, 0.29) is 6.04 Å². The third-order valence-electron chi connectivity index (χ3n) is 2.95. The topological polar surface area (TPSA) is 50.7 Å². The van der Waals surface area contributed by atoms with Crippen molar-refractivity contribution in [2.45, 2.75) is 38.8 Å². The molecule has 0 aliphatic carbocycles. The summed E-state index contributed by atoms with van der Waals surface area (Å²) in [7, 11) is 0. The Kier molecular flexibility index (Phi) is 9.87. The molecule has 0 radical (unpaired) electrons. The summed E-state index contributed by atoms with van der Waals surface area (Å²) in [6.45, 7) is 7.06. The Morgan fingerprint density at radius 1 is 1.30 bits per heavy atom. The summed E-state index contributed by atoms with van der Waals surface area (Å²) in [6, 6.07) is 4.40. The molecule has 0 amide bonds. The summed E-state index contributed by atoms with van der Waals surface area (Å²) in [5.74, 6) is 0. The van der Waals surface area contributed by atoms with Crippen molar-refractivity contribution in [3.8, 4) is 0 Å². The van der Waals surface area contributed by atoms with Crippen LogP contribution >= 0.6 is 11.3 Å². The van der Waals surface area contributed by atoms with Crippen molar-refractivity contribution in [1.82, 2.24) is 5.32 Å². The van der Waals surface area contributed by atoms with Gasteiger partial charge in [-0.25, -0.2) is 0 Å². The van der Waals surface area contributed by atoms with Crippen molar-refractivity contribution in [2.24, 2.45) is 0 Å². The molecular formula is C15H27NO3S. The van der Waals surface area contributed by atoms with Gasteiger partial charge in [0.05, 0.1) is 25.9 Å². The minimum atomic E-state index is -0.479. The van der Waals surface area contributed by atoms with E-state index >= 15 is 0 Å². The number of thiophene rings is 1. The molecule has 0 saturated heterocycles. The molecule has 0 aliphatic heterocycles. The quantitative estimate of drug-likeness (QED) is 0.583. The van der Waals surface area contributed by atoms with Gasteiger partial charge in [0.2, 0.25) is 0 Å². The summed E-state index contributed by atoms with van der Waals surface area (Å²) < 4.78 is 10.8. The zero-order valence-electron chi connectivity index (χ0n) is 12.5. The largest absolute Gasteiger partial charge is 0.389 e. The van der Waals surface area contributed by atoms with E-state index in [2.05, 4.69) is 30.6 Å². The van der Waals surface area contributed by atoms with Gasteiger partial charge in [-0.3, -0.25) is 0 Å². The van der Waals surface area contributed by atoms with E-state index in [1.807, 2.05) is 6.07 Å². The van der Waals surface area contributed by atoms with Crippen LogP contribution in [0.5, 0.6) is 0 Å². The van der Waals surface area contributed by atoms with Crippen molar-refractivity contribution in [3.05, 3.63) is 22.4 Å². The zero-order chi connectivity index (χ0) is 14.6. The van der Waals surface area contributed by atoms with E-state index in [4.69, 9.17) is 9.47 Å². The summed E-state index contributed by atoms with van der Waals surface area (Å²) in [5, 5.41) is 15.2. The molecule has 2 atom stereocenters. The molecule has 2 N–H and O–H groups in total. The Labute approximate surface area is 126 Å². The highest BCUT2D eigenvalue weighted by atomic mass is 32.1. The molecule has 5 heteroatoms. The lowest BCUT2D eigenvalue weighted by atomic mass is 10.2. The predicted molar refractivity (Wildman–Crippen MR) is 83.3 cm³/mol. The highest BCUT2D eigenvalue weighted by Gasteiger charge is 2.09. The van der Waals surface area contributed by atoms with Gasteiger partial charge in [-0.05, 0) is 24.8 Å². The van der Waals surface area contributed by atoms with E-state index < -0.39 is 6.10 Å². The van der Waals surface area contributed by atoms with E-state index in [1.165, 1.54) is 4.88 Å². The minimum Gasteiger partial charge on any atom is -0.389 e. The first-order valence-electron chi connectivity index (χ1n) is 7.34. The predicted octanol–water partition coefficient (Wildman–Crippen LogP) is 2.59. The molecule has 1 aromatic heterocycles. The van der Waals surface area contributed by atoms with E-state index in [0.29, 0.717) is 26.4 Å². The molecule has 20 heavy (non-hydrogen) atoms. The fraction of sp³-hybridized carbons (Fsp3) is 0.733. The van der Waals surface area contributed by atoms with Gasteiger partial charge in [0.25, 0.3) is 0 Å². The number of rotatable bonds is 12. The average molecular weight is 301 g/mol. The Balaban J connectivity index is 1.96. The standard InChI is InChI=1S/C15H27NO3S/c1-3-4-7-18-8-9-19-12-14(17)11-16-13(2)15-6-5-10-20-15/h5-6,10,13-14,16-17H,3-4,7-9,11-12H2,1-2H3. The van der Waals surface area contributed by atoms with Gasteiger partial charge in [0, 0.05) is 24.1 Å². The van der Waals surface area contributed by atoms with Crippen molar-refractivity contribution < 1.29 is 14.6 Å². The van der Waals surface area contributed by atoms with Crippen LogP contribution in [0.15, 0.2) is 17.5 Å². The molecule has 0 fully saturated rings. The van der Waals surface area contributed by atoms with Crippen LogP contribution in [0.25, 0.3) is 0 Å². The van der Waals surface area contributed by atoms with Crippen molar-refractivity contribution in [1.29, 1.82) is 0 Å². The number of hydrogen-bond acceptors (Lipinski definition) is 5. The van der Waals surface area contributed by atoms with Crippen LogP contribution < -0.4 is 5.32 Å². The lowest BCUT2D eigenvalue weighted by Gasteiger charge is -2.16. The molecule has 0 aliphatic rings. The molecule has 1 aromatic rings. The smallest absolute Gasteiger partial charge is 0.0897 e. The van der Waals surface area contributed by atoms with Gasteiger partial charge in [0.1, 0.15) is 0 Å². The zero-order valence-corrected chi connectivity index (χ0v) is 13.3. The van der Waals surface area contributed by atoms with Crippen LogP contribution in [0.1, 0.15) is 37.6 Å². The van der Waals surface area contributed by atoms with Crippen LogP contribution in [-0.4, -0.2) is 44.2 Å². The third-order valence-corrected chi connectivity index (χ3v) is 4.01. The van der Waals surface area contributed by atoms with E-state index in [0.717, 1.165) is 19.4 Å². The molecule has 0 aromatic carbocycles. The normalized spacial score (nSPS) is 14.3. The Hall–Kier alpha value is -0.460. The van der Waals surface area contributed by atoms with E-state index in [9.17, 15) is 5.11 Å². The SMILES string of the molecule is CCCCOCCOCC(O)CNC(C)c1cccs1. The van der Waals surface area contributed by atoms with Crippen LogP contribution in [0.3, 0.4) is 0 Å². The summed E-state index contributed by atoms with van der Waals surface area (Å²) in [4.78, 5) is 1.28. The first-order valence-corrected chi connectivity index (χ1v) is 8.22. The Morgan fingerprint density at radius 3 is 2.80 bits per heavy atom. The highest BCUT2D eigenvalue weighted by molar-refractivity contribution is 7.10. The van der Waals surface area contributed by atoms with Gasteiger partial charge >= 0.3 is 0 Å². The fourth-order valence-corrected chi connectivity index (χ4v) is 2.45. The molecule has 1 rings (SSSR count).